The Hall–Kier alpha value is -2.21. The normalized spacial score (nSPS) is 10.3. The lowest BCUT2D eigenvalue weighted by Gasteiger charge is -2.21. The summed E-state index contributed by atoms with van der Waals surface area (Å²) in [4.78, 5) is 25.2. The highest BCUT2D eigenvalue weighted by molar-refractivity contribution is 9.10. The van der Waals surface area contributed by atoms with Crippen LogP contribution < -0.4 is 5.32 Å². The molecule has 0 spiro atoms. The molecule has 0 heterocycles. The van der Waals surface area contributed by atoms with E-state index in [1.165, 1.54) is 17.9 Å². The predicted octanol–water partition coefficient (Wildman–Crippen LogP) is 3.97. The summed E-state index contributed by atoms with van der Waals surface area (Å²) in [6.07, 6.45) is 0.139. The van der Waals surface area contributed by atoms with Crippen molar-refractivity contribution in [3.8, 4) is 0 Å². The first-order valence-corrected chi connectivity index (χ1v) is 8.29. The van der Waals surface area contributed by atoms with Crippen molar-refractivity contribution in [3.63, 3.8) is 0 Å². The van der Waals surface area contributed by atoms with Gasteiger partial charge in [0.15, 0.2) is 0 Å². The third-order valence-corrected chi connectivity index (χ3v) is 3.97. The number of hydrogen-bond acceptors (Lipinski definition) is 2. The summed E-state index contributed by atoms with van der Waals surface area (Å²) in [6, 6.07) is 13.6. The number of amides is 2. The van der Waals surface area contributed by atoms with Gasteiger partial charge in [0, 0.05) is 42.2 Å². The van der Waals surface area contributed by atoms with E-state index in [9.17, 15) is 14.0 Å². The molecule has 2 amide bonds. The van der Waals surface area contributed by atoms with Gasteiger partial charge < -0.3 is 10.2 Å². The minimum absolute atomic E-state index is 0.139. The van der Waals surface area contributed by atoms with Gasteiger partial charge in [0.2, 0.25) is 11.8 Å². The molecule has 0 fully saturated rings. The molecule has 2 rings (SSSR count). The first-order chi connectivity index (χ1) is 11.5. The van der Waals surface area contributed by atoms with E-state index in [2.05, 4.69) is 21.2 Å². The molecule has 0 saturated heterocycles. The van der Waals surface area contributed by atoms with Crippen LogP contribution in [-0.4, -0.2) is 23.3 Å². The number of nitrogens with one attached hydrogen (secondary N) is 1. The van der Waals surface area contributed by atoms with E-state index in [0.29, 0.717) is 11.3 Å². The molecular weight excluding hydrogens is 375 g/mol. The average molecular weight is 393 g/mol. The Labute approximate surface area is 148 Å². The molecule has 0 atom stereocenters. The molecule has 0 unspecified atom stereocenters. The van der Waals surface area contributed by atoms with Crippen LogP contribution in [0.3, 0.4) is 0 Å². The Morgan fingerprint density at radius 2 is 1.92 bits per heavy atom. The smallest absolute Gasteiger partial charge is 0.226 e. The molecule has 126 valence electrons. The molecular formula is C18H18BrFN2O2. The van der Waals surface area contributed by atoms with Gasteiger partial charge in [-0.25, -0.2) is 4.39 Å². The topological polar surface area (TPSA) is 49.4 Å². The van der Waals surface area contributed by atoms with E-state index in [1.54, 1.807) is 30.3 Å². The Morgan fingerprint density at radius 3 is 2.58 bits per heavy atom. The van der Waals surface area contributed by atoms with Gasteiger partial charge in [-0.15, -0.1) is 0 Å². The van der Waals surface area contributed by atoms with Gasteiger partial charge in [-0.2, -0.15) is 0 Å². The Balaban J connectivity index is 1.92. The van der Waals surface area contributed by atoms with Crippen LogP contribution in [0.25, 0.3) is 0 Å². The Kier molecular flexibility index (Phi) is 6.49. The molecule has 0 bridgehead atoms. The SMILES string of the molecule is CC(=O)N(CCC(=O)Nc1cccc(Br)c1)Cc1ccccc1F. The van der Waals surface area contributed by atoms with Crippen molar-refractivity contribution in [2.75, 3.05) is 11.9 Å². The number of anilines is 1. The molecule has 2 aromatic rings. The van der Waals surface area contributed by atoms with E-state index in [0.717, 1.165) is 4.47 Å². The zero-order chi connectivity index (χ0) is 17.5. The number of benzene rings is 2. The number of hydrogen-bond donors (Lipinski definition) is 1. The largest absolute Gasteiger partial charge is 0.338 e. The van der Waals surface area contributed by atoms with Crippen molar-refractivity contribution in [3.05, 3.63) is 64.4 Å². The lowest BCUT2D eigenvalue weighted by Crippen LogP contribution is -2.31. The van der Waals surface area contributed by atoms with Crippen molar-refractivity contribution in [1.29, 1.82) is 0 Å². The zero-order valence-corrected chi connectivity index (χ0v) is 14.8. The molecule has 6 heteroatoms. The summed E-state index contributed by atoms with van der Waals surface area (Å²) >= 11 is 3.34. The molecule has 0 saturated carbocycles. The summed E-state index contributed by atoms with van der Waals surface area (Å²) in [7, 11) is 0. The quantitative estimate of drug-likeness (QED) is 0.808. The fraction of sp³-hybridized carbons (Fsp3) is 0.222. The minimum Gasteiger partial charge on any atom is -0.338 e. The number of carbonyl (C=O) groups is 2. The van der Waals surface area contributed by atoms with Gasteiger partial charge in [-0.05, 0) is 24.3 Å². The van der Waals surface area contributed by atoms with E-state index in [1.807, 2.05) is 12.1 Å². The summed E-state index contributed by atoms with van der Waals surface area (Å²) in [5.41, 5.74) is 1.11. The summed E-state index contributed by atoms with van der Waals surface area (Å²) < 4.78 is 14.6. The minimum atomic E-state index is -0.359. The van der Waals surface area contributed by atoms with Crippen molar-refractivity contribution in [1.82, 2.24) is 4.90 Å². The van der Waals surface area contributed by atoms with Gasteiger partial charge in [-0.1, -0.05) is 40.2 Å². The molecule has 0 aliphatic heterocycles. The maximum atomic E-state index is 13.7. The highest BCUT2D eigenvalue weighted by atomic mass is 79.9. The number of halogens is 2. The van der Waals surface area contributed by atoms with Crippen molar-refractivity contribution < 1.29 is 14.0 Å². The molecule has 0 aliphatic rings. The molecule has 0 radical (unpaired) electrons. The standard InChI is InChI=1S/C18H18BrFN2O2/c1-13(23)22(12-14-5-2-3-8-17(14)20)10-9-18(24)21-16-7-4-6-15(19)11-16/h2-8,11H,9-10,12H2,1H3,(H,21,24). The number of nitrogens with zero attached hydrogens (tertiary/aromatic N) is 1. The average Bonchev–Trinajstić information content (AvgIpc) is 2.52. The van der Waals surface area contributed by atoms with Crippen LogP contribution in [0.2, 0.25) is 0 Å². The first kappa shape index (κ1) is 18.1. The molecule has 0 aromatic heterocycles. The van der Waals surface area contributed by atoms with E-state index < -0.39 is 0 Å². The zero-order valence-electron chi connectivity index (χ0n) is 13.3. The van der Waals surface area contributed by atoms with Crippen molar-refractivity contribution in [2.45, 2.75) is 19.9 Å². The van der Waals surface area contributed by atoms with Crippen LogP contribution in [0, 0.1) is 5.82 Å². The maximum absolute atomic E-state index is 13.7. The van der Waals surface area contributed by atoms with Gasteiger partial charge in [0.25, 0.3) is 0 Å². The molecule has 0 aliphatic carbocycles. The lowest BCUT2D eigenvalue weighted by molar-refractivity contribution is -0.130. The van der Waals surface area contributed by atoms with Crippen molar-refractivity contribution >= 4 is 33.4 Å². The highest BCUT2D eigenvalue weighted by Gasteiger charge is 2.14. The summed E-state index contributed by atoms with van der Waals surface area (Å²) in [5, 5.41) is 2.77. The van der Waals surface area contributed by atoms with Gasteiger partial charge in [0.05, 0.1) is 0 Å². The number of rotatable bonds is 6. The van der Waals surface area contributed by atoms with Crippen LogP contribution in [0.4, 0.5) is 10.1 Å². The van der Waals surface area contributed by atoms with E-state index in [4.69, 9.17) is 0 Å². The summed E-state index contributed by atoms with van der Waals surface area (Å²) in [5.74, 6) is -0.760. The third-order valence-electron chi connectivity index (χ3n) is 3.48. The predicted molar refractivity (Wildman–Crippen MR) is 94.9 cm³/mol. The summed E-state index contributed by atoms with van der Waals surface area (Å²) in [6.45, 7) is 1.78. The second-order valence-electron chi connectivity index (χ2n) is 5.34. The monoisotopic (exact) mass is 392 g/mol. The van der Waals surface area contributed by atoms with Crippen LogP contribution in [-0.2, 0) is 16.1 Å². The third kappa shape index (κ3) is 5.45. The van der Waals surface area contributed by atoms with Gasteiger partial charge in [0.1, 0.15) is 5.82 Å². The molecule has 24 heavy (non-hydrogen) atoms. The van der Waals surface area contributed by atoms with E-state index >= 15 is 0 Å². The Morgan fingerprint density at radius 1 is 1.17 bits per heavy atom. The fourth-order valence-corrected chi connectivity index (χ4v) is 2.61. The second-order valence-corrected chi connectivity index (χ2v) is 6.26. The molecule has 1 N–H and O–H groups in total. The molecule has 4 nitrogen and oxygen atoms in total. The van der Waals surface area contributed by atoms with Crippen molar-refractivity contribution in [2.24, 2.45) is 0 Å². The van der Waals surface area contributed by atoms with Crippen LogP contribution in [0.5, 0.6) is 0 Å². The molecule has 2 aromatic carbocycles. The van der Waals surface area contributed by atoms with E-state index in [-0.39, 0.29) is 37.1 Å². The Bertz CT molecular complexity index is 736. The second kappa shape index (κ2) is 8.59. The maximum Gasteiger partial charge on any atom is 0.226 e. The van der Waals surface area contributed by atoms with Gasteiger partial charge in [-0.3, -0.25) is 9.59 Å². The van der Waals surface area contributed by atoms with Crippen LogP contribution in [0.15, 0.2) is 53.0 Å². The first-order valence-electron chi connectivity index (χ1n) is 7.50. The number of carbonyl (C=O) groups excluding carboxylic acids is 2. The fourth-order valence-electron chi connectivity index (χ4n) is 2.21. The highest BCUT2D eigenvalue weighted by Crippen LogP contribution is 2.16. The van der Waals surface area contributed by atoms with Crippen LogP contribution >= 0.6 is 15.9 Å². The lowest BCUT2D eigenvalue weighted by atomic mass is 10.2. The van der Waals surface area contributed by atoms with Gasteiger partial charge >= 0.3 is 0 Å². The van der Waals surface area contributed by atoms with Crippen LogP contribution in [0.1, 0.15) is 18.9 Å².